The van der Waals surface area contributed by atoms with Crippen LogP contribution in [0.5, 0.6) is 0 Å². The van der Waals surface area contributed by atoms with Gasteiger partial charge >= 0.3 is 0 Å². The lowest BCUT2D eigenvalue weighted by molar-refractivity contribution is 0.100. The number of rotatable bonds is 2. The summed E-state index contributed by atoms with van der Waals surface area (Å²) >= 11 is 1.40. The molecule has 1 saturated heterocycles. The Kier molecular flexibility index (Phi) is 3.28. The molecule has 1 aromatic heterocycles. The van der Waals surface area contributed by atoms with Gasteiger partial charge < -0.3 is 16.4 Å². The van der Waals surface area contributed by atoms with Gasteiger partial charge in [0.1, 0.15) is 4.88 Å². The van der Waals surface area contributed by atoms with Gasteiger partial charge in [-0.25, -0.2) is 0 Å². The molecule has 0 aromatic carbocycles. The Hall–Kier alpha value is -1.23. The largest absolute Gasteiger partial charge is 0.397 e. The molecular weight excluding hydrogens is 234 g/mol. The van der Waals surface area contributed by atoms with Gasteiger partial charge in [-0.1, -0.05) is 13.8 Å². The number of nitrogens with zero attached hydrogens (tertiary/aromatic N) is 1. The molecule has 0 spiro atoms. The Balaban J connectivity index is 2.22. The molecule has 5 heteroatoms. The molecule has 1 amide bonds. The first-order valence-corrected chi connectivity index (χ1v) is 6.73. The van der Waals surface area contributed by atoms with Gasteiger partial charge in [0.15, 0.2) is 0 Å². The van der Waals surface area contributed by atoms with E-state index in [-0.39, 0.29) is 0 Å². The summed E-state index contributed by atoms with van der Waals surface area (Å²) in [5, 5.41) is 1.06. The van der Waals surface area contributed by atoms with Gasteiger partial charge in [-0.3, -0.25) is 4.79 Å². The lowest BCUT2D eigenvalue weighted by Crippen LogP contribution is -2.38. The fourth-order valence-corrected chi connectivity index (χ4v) is 3.53. The van der Waals surface area contributed by atoms with Crippen LogP contribution in [0.3, 0.4) is 0 Å². The molecule has 1 aromatic rings. The first-order chi connectivity index (χ1) is 7.97. The Morgan fingerprint density at radius 1 is 1.41 bits per heavy atom. The average Bonchev–Trinajstić information content (AvgIpc) is 2.59. The van der Waals surface area contributed by atoms with Crippen LogP contribution in [-0.4, -0.2) is 19.0 Å². The predicted molar refractivity (Wildman–Crippen MR) is 72.4 cm³/mol. The van der Waals surface area contributed by atoms with Crippen LogP contribution in [0.15, 0.2) is 6.07 Å². The van der Waals surface area contributed by atoms with Crippen LogP contribution in [-0.2, 0) is 0 Å². The van der Waals surface area contributed by atoms with Crippen molar-refractivity contribution in [3.05, 3.63) is 10.9 Å². The van der Waals surface area contributed by atoms with E-state index in [9.17, 15) is 4.79 Å². The topological polar surface area (TPSA) is 72.3 Å². The number of hydrogen-bond donors (Lipinski definition) is 2. The smallest absolute Gasteiger partial charge is 0.260 e. The molecule has 0 saturated carbocycles. The fourth-order valence-electron chi connectivity index (χ4n) is 2.58. The average molecular weight is 253 g/mol. The maximum atomic E-state index is 11.2. The third-order valence-electron chi connectivity index (χ3n) is 3.15. The number of amides is 1. The van der Waals surface area contributed by atoms with Crippen molar-refractivity contribution in [2.24, 2.45) is 17.6 Å². The summed E-state index contributed by atoms with van der Waals surface area (Å²) in [5.41, 5.74) is 11.6. The minimum absolute atomic E-state index is 0.433. The second kappa shape index (κ2) is 4.56. The highest BCUT2D eigenvalue weighted by Gasteiger charge is 2.24. The van der Waals surface area contributed by atoms with Gasteiger partial charge in [0, 0.05) is 13.1 Å². The standard InChI is InChI=1S/C12H19N3OS/c1-7-3-8(2)6-15(5-7)10-4-9(13)11(17-10)12(14)16/h4,7-8H,3,5-6,13H2,1-2H3,(H2,14,16). The number of anilines is 2. The maximum absolute atomic E-state index is 11.2. The molecule has 0 aliphatic carbocycles. The number of primary amides is 1. The second-order valence-corrected chi connectivity index (χ2v) is 6.12. The molecule has 0 radical (unpaired) electrons. The van der Waals surface area contributed by atoms with Crippen molar-refractivity contribution in [3.63, 3.8) is 0 Å². The van der Waals surface area contributed by atoms with Crippen LogP contribution in [0.4, 0.5) is 10.7 Å². The summed E-state index contributed by atoms with van der Waals surface area (Å²) in [7, 11) is 0. The number of piperidine rings is 1. The predicted octanol–water partition coefficient (Wildman–Crippen LogP) is 1.91. The van der Waals surface area contributed by atoms with Crippen LogP contribution in [0, 0.1) is 11.8 Å². The Labute approximate surface area is 106 Å². The van der Waals surface area contributed by atoms with Crippen LogP contribution >= 0.6 is 11.3 Å². The van der Waals surface area contributed by atoms with Crippen molar-refractivity contribution in [1.29, 1.82) is 0 Å². The Morgan fingerprint density at radius 2 is 2.00 bits per heavy atom. The highest BCUT2D eigenvalue weighted by atomic mass is 32.1. The van der Waals surface area contributed by atoms with Crippen LogP contribution < -0.4 is 16.4 Å². The third-order valence-corrected chi connectivity index (χ3v) is 4.38. The zero-order chi connectivity index (χ0) is 12.6. The number of carbonyl (C=O) groups excluding carboxylic acids is 1. The molecule has 1 fully saturated rings. The van der Waals surface area contributed by atoms with E-state index in [0.717, 1.165) is 18.1 Å². The molecule has 1 aliphatic rings. The van der Waals surface area contributed by atoms with E-state index >= 15 is 0 Å². The number of thiophene rings is 1. The normalized spacial score (nSPS) is 24.9. The highest BCUT2D eigenvalue weighted by Crippen LogP contribution is 2.35. The van der Waals surface area contributed by atoms with E-state index < -0.39 is 5.91 Å². The SMILES string of the molecule is CC1CC(C)CN(c2cc(N)c(C(N)=O)s2)C1. The van der Waals surface area contributed by atoms with Crippen molar-refractivity contribution in [1.82, 2.24) is 0 Å². The number of nitrogen functional groups attached to an aromatic ring is 1. The molecule has 1 aliphatic heterocycles. The number of nitrogens with two attached hydrogens (primary N) is 2. The summed E-state index contributed by atoms with van der Waals surface area (Å²) in [6.07, 6.45) is 1.26. The van der Waals surface area contributed by atoms with Gasteiger partial charge in [-0.15, -0.1) is 11.3 Å². The van der Waals surface area contributed by atoms with Crippen molar-refractivity contribution >= 4 is 27.9 Å². The highest BCUT2D eigenvalue weighted by molar-refractivity contribution is 7.18. The van der Waals surface area contributed by atoms with E-state index in [1.165, 1.54) is 17.8 Å². The summed E-state index contributed by atoms with van der Waals surface area (Å²) in [4.78, 5) is 14.0. The molecule has 17 heavy (non-hydrogen) atoms. The first-order valence-electron chi connectivity index (χ1n) is 5.91. The van der Waals surface area contributed by atoms with Crippen LogP contribution in [0.1, 0.15) is 29.9 Å². The van der Waals surface area contributed by atoms with Gasteiger partial charge in [0.25, 0.3) is 5.91 Å². The first kappa shape index (κ1) is 12.2. The van der Waals surface area contributed by atoms with Crippen LogP contribution in [0.25, 0.3) is 0 Å². The van der Waals surface area contributed by atoms with Crippen molar-refractivity contribution in [2.75, 3.05) is 23.7 Å². The van der Waals surface area contributed by atoms with E-state index in [1.807, 2.05) is 6.07 Å². The van der Waals surface area contributed by atoms with E-state index in [1.54, 1.807) is 0 Å². The zero-order valence-corrected chi connectivity index (χ0v) is 11.1. The monoisotopic (exact) mass is 253 g/mol. The van der Waals surface area contributed by atoms with Crippen molar-refractivity contribution in [3.8, 4) is 0 Å². The lowest BCUT2D eigenvalue weighted by Gasteiger charge is -2.35. The third kappa shape index (κ3) is 2.54. The molecule has 94 valence electrons. The van der Waals surface area contributed by atoms with Gasteiger partial charge in [0.2, 0.25) is 0 Å². The minimum Gasteiger partial charge on any atom is -0.397 e. The fraction of sp³-hybridized carbons (Fsp3) is 0.583. The molecule has 4 N–H and O–H groups in total. The molecule has 2 rings (SSSR count). The summed E-state index contributed by atoms with van der Waals surface area (Å²) < 4.78 is 0. The van der Waals surface area contributed by atoms with E-state index in [2.05, 4.69) is 18.7 Å². The molecule has 2 heterocycles. The Bertz CT molecular complexity index is 419. The van der Waals surface area contributed by atoms with Crippen molar-refractivity contribution in [2.45, 2.75) is 20.3 Å². The van der Waals surface area contributed by atoms with Gasteiger partial charge in [0.05, 0.1) is 10.7 Å². The number of hydrogen-bond acceptors (Lipinski definition) is 4. The zero-order valence-electron chi connectivity index (χ0n) is 10.3. The lowest BCUT2D eigenvalue weighted by atomic mass is 9.92. The van der Waals surface area contributed by atoms with E-state index in [4.69, 9.17) is 11.5 Å². The number of carbonyl (C=O) groups is 1. The molecule has 2 atom stereocenters. The minimum atomic E-state index is -0.433. The van der Waals surface area contributed by atoms with Gasteiger partial charge in [-0.2, -0.15) is 0 Å². The second-order valence-electron chi connectivity index (χ2n) is 5.08. The Morgan fingerprint density at radius 3 is 2.47 bits per heavy atom. The van der Waals surface area contributed by atoms with Crippen molar-refractivity contribution < 1.29 is 4.79 Å². The quantitative estimate of drug-likeness (QED) is 0.845. The van der Waals surface area contributed by atoms with E-state index in [0.29, 0.717) is 22.4 Å². The molecule has 2 unspecified atom stereocenters. The van der Waals surface area contributed by atoms with Crippen LogP contribution in [0.2, 0.25) is 0 Å². The molecular formula is C12H19N3OS. The van der Waals surface area contributed by atoms with Gasteiger partial charge in [-0.05, 0) is 24.3 Å². The molecule has 0 bridgehead atoms. The summed E-state index contributed by atoms with van der Waals surface area (Å²) in [6.45, 7) is 6.58. The maximum Gasteiger partial charge on any atom is 0.260 e. The summed E-state index contributed by atoms with van der Waals surface area (Å²) in [5.74, 6) is 0.926. The summed E-state index contributed by atoms with van der Waals surface area (Å²) in [6, 6.07) is 1.87. The molecule has 4 nitrogen and oxygen atoms in total.